The first kappa shape index (κ1) is 17.9. The van der Waals surface area contributed by atoms with Gasteiger partial charge < -0.3 is 0 Å². The minimum Gasteiger partial charge on any atom is -0.258 e. The van der Waals surface area contributed by atoms with Crippen LogP contribution in [0.3, 0.4) is 0 Å². The van der Waals surface area contributed by atoms with Gasteiger partial charge in [-0.15, -0.1) is 11.6 Å². The Kier molecular flexibility index (Phi) is 5.35. The zero-order valence-electron chi connectivity index (χ0n) is 11.3. The number of sulfone groups is 2. The SMILES string of the molecule is CC(CCCl)S(=O)(=O)c1cccc(S(C)(=O)=O)c1[N+](=O)[O-]. The van der Waals surface area contributed by atoms with E-state index in [0.717, 1.165) is 18.4 Å². The molecule has 1 aromatic carbocycles. The summed E-state index contributed by atoms with van der Waals surface area (Å²) in [4.78, 5) is 8.96. The van der Waals surface area contributed by atoms with Crippen LogP contribution in [0.25, 0.3) is 0 Å². The number of nitro benzene ring substituents is 1. The highest BCUT2D eigenvalue weighted by Gasteiger charge is 2.35. The summed E-state index contributed by atoms with van der Waals surface area (Å²) in [5.41, 5.74) is -0.915. The lowest BCUT2D eigenvalue weighted by Crippen LogP contribution is -2.20. The molecule has 1 aromatic rings. The summed E-state index contributed by atoms with van der Waals surface area (Å²) in [6.07, 6.45) is 0.887. The van der Waals surface area contributed by atoms with Crippen molar-refractivity contribution >= 4 is 37.0 Å². The number of halogens is 1. The van der Waals surface area contributed by atoms with Crippen LogP contribution >= 0.6 is 11.6 Å². The minimum absolute atomic E-state index is 0.0694. The molecule has 0 saturated heterocycles. The van der Waals surface area contributed by atoms with Crippen LogP contribution in [0.5, 0.6) is 0 Å². The monoisotopic (exact) mass is 355 g/mol. The van der Waals surface area contributed by atoms with Crippen molar-refractivity contribution < 1.29 is 21.8 Å². The van der Waals surface area contributed by atoms with Gasteiger partial charge in [-0.1, -0.05) is 6.07 Å². The highest BCUT2D eigenvalue weighted by molar-refractivity contribution is 7.92. The molecule has 118 valence electrons. The average molecular weight is 356 g/mol. The van der Waals surface area contributed by atoms with E-state index in [1.165, 1.54) is 13.0 Å². The van der Waals surface area contributed by atoms with E-state index in [4.69, 9.17) is 11.6 Å². The van der Waals surface area contributed by atoms with Gasteiger partial charge in [-0.25, -0.2) is 16.8 Å². The molecule has 0 radical (unpaired) electrons. The number of rotatable bonds is 6. The molecule has 0 aliphatic heterocycles. The van der Waals surface area contributed by atoms with Crippen molar-refractivity contribution in [2.45, 2.75) is 28.4 Å². The molecule has 0 bridgehead atoms. The van der Waals surface area contributed by atoms with Crippen LogP contribution in [0.15, 0.2) is 28.0 Å². The van der Waals surface area contributed by atoms with Gasteiger partial charge >= 0.3 is 5.69 Å². The van der Waals surface area contributed by atoms with Gasteiger partial charge in [0.05, 0.1) is 10.2 Å². The molecule has 10 heteroatoms. The highest BCUT2D eigenvalue weighted by Crippen LogP contribution is 2.33. The Balaban J connectivity index is 3.70. The first-order valence-electron chi connectivity index (χ1n) is 5.80. The number of nitro groups is 1. The molecular formula is C11H14ClNO6S2. The minimum atomic E-state index is -4.05. The van der Waals surface area contributed by atoms with Gasteiger partial charge in [-0.3, -0.25) is 10.1 Å². The van der Waals surface area contributed by atoms with Crippen LogP contribution in [0, 0.1) is 10.1 Å². The molecule has 0 aromatic heterocycles. The number of para-hydroxylation sites is 1. The maximum Gasteiger partial charge on any atom is 0.306 e. The van der Waals surface area contributed by atoms with Crippen LogP contribution in [-0.2, 0) is 19.7 Å². The molecule has 0 heterocycles. The fraction of sp³-hybridized carbons (Fsp3) is 0.455. The zero-order valence-corrected chi connectivity index (χ0v) is 13.7. The predicted molar refractivity (Wildman–Crippen MR) is 78.2 cm³/mol. The summed E-state index contributed by atoms with van der Waals surface area (Å²) in [6.45, 7) is 1.37. The lowest BCUT2D eigenvalue weighted by Gasteiger charge is -2.13. The molecule has 0 saturated carbocycles. The topological polar surface area (TPSA) is 111 Å². The van der Waals surface area contributed by atoms with Gasteiger partial charge in [-0.2, -0.15) is 0 Å². The fourth-order valence-electron chi connectivity index (χ4n) is 1.74. The number of hydrogen-bond donors (Lipinski definition) is 0. The van der Waals surface area contributed by atoms with Gasteiger partial charge in [0.1, 0.15) is 9.79 Å². The molecule has 1 rings (SSSR count). The molecule has 0 amide bonds. The molecule has 0 N–H and O–H groups in total. The second-order valence-electron chi connectivity index (χ2n) is 4.47. The third-order valence-electron chi connectivity index (χ3n) is 2.90. The van der Waals surface area contributed by atoms with Crippen LogP contribution in [0.4, 0.5) is 5.69 Å². The molecule has 21 heavy (non-hydrogen) atoms. The van der Waals surface area contributed by atoms with E-state index in [1.54, 1.807) is 0 Å². The predicted octanol–water partition coefficient (Wildman–Crippen LogP) is 1.79. The van der Waals surface area contributed by atoms with Crippen molar-refractivity contribution in [2.75, 3.05) is 12.1 Å². The summed E-state index contributed by atoms with van der Waals surface area (Å²) >= 11 is 5.50. The molecule has 7 nitrogen and oxygen atoms in total. The second kappa shape index (κ2) is 6.29. The lowest BCUT2D eigenvalue weighted by atomic mass is 10.3. The Morgan fingerprint density at radius 2 is 1.76 bits per heavy atom. The van der Waals surface area contributed by atoms with E-state index in [2.05, 4.69) is 0 Å². The second-order valence-corrected chi connectivity index (χ2v) is 9.16. The summed E-state index contributed by atoms with van der Waals surface area (Å²) in [5.74, 6) is 0.0694. The smallest absolute Gasteiger partial charge is 0.258 e. The Hall–Kier alpha value is -1.19. The van der Waals surface area contributed by atoms with Gasteiger partial charge in [0, 0.05) is 12.1 Å². The van der Waals surface area contributed by atoms with Crippen molar-refractivity contribution in [3.8, 4) is 0 Å². The van der Waals surface area contributed by atoms with E-state index in [-0.39, 0.29) is 12.3 Å². The summed E-state index contributed by atoms with van der Waals surface area (Å²) in [7, 11) is -7.98. The standard InChI is InChI=1S/C11H14ClNO6S2/c1-8(6-7-12)21(18,19)10-5-3-4-9(20(2,16)17)11(10)13(14)15/h3-5,8H,6-7H2,1-2H3. The van der Waals surface area contributed by atoms with Gasteiger partial charge in [-0.05, 0) is 25.5 Å². The number of benzene rings is 1. The third kappa shape index (κ3) is 3.72. The first-order valence-corrected chi connectivity index (χ1v) is 9.78. The Morgan fingerprint density at radius 3 is 2.19 bits per heavy atom. The van der Waals surface area contributed by atoms with Crippen LogP contribution < -0.4 is 0 Å². The average Bonchev–Trinajstić information content (AvgIpc) is 2.36. The number of alkyl halides is 1. The largest absolute Gasteiger partial charge is 0.306 e. The van der Waals surface area contributed by atoms with Crippen LogP contribution in [0.1, 0.15) is 13.3 Å². The zero-order chi connectivity index (χ0) is 16.4. The van der Waals surface area contributed by atoms with Gasteiger partial charge in [0.15, 0.2) is 19.7 Å². The highest BCUT2D eigenvalue weighted by atomic mass is 35.5. The maximum atomic E-state index is 12.4. The quantitative estimate of drug-likeness (QED) is 0.437. The van der Waals surface area contributed by atoms with Crippen molar-refractivity contribution in [3.05, 3.63) is 28.3 Å². The van der Waals surface area contributed by atoms with Gasteiger partial charge in [0.2, 0.25) is 0 Å². The summed E-state index contributed by atoms with van der Waals surface area (Å²) in [6, 6.07) is 3.22. The lowest BCUT2D eigenvalue weighted by molar-refractivity contribution is -0.390. The van der Waals surface area contributed by atoms with Gasteiger partial charge in [0.25, 0.3) is 0 Å². The Labute approximate surface area is 127 Å². The van der Waals surface area contributed by atoms with Crippen molar-refractivity contribution in [3.63, 3.8) is 0 Å². The number of nitrogens with zero attached hydrogens (tertiary/aromatic N) is 1. The molecule has 0 fully saturated rings. The molecular weight excluding hydrogens is 342 g/mol. The normalized spacial score (nSPS) is 13.9. The van der Waals surface area contributed by atoms with Crippen molar-refractivity contribution in [1.29, 1.82) is 0 Å². The summed E-state index contributed by atoms with van der Waals surface area (Å²) < 4.78 is 48.0. The van der Waals surface area contributed by atoms with Crippen molar-refractivity contribution in [2.24, 2.45) is 0 Å². The molecule has 0 aliphatic rings. The van der Waals surface area contributed by atoms with E-state index in [0.29, 0.717) is 0 Å². The van der Waals surface area contributed by atoms with Crippen molar-refractivity contribution in [1.82, 2.24) is 0 Å². The first-order chi connectivity index (χ1) is 9.53. The van der Waals surface area contributed by atoms with E-state index in [1.807, 2.05) is 0 Å². The van der Waals surface area contributed by atoms with Crippen LogP contribution in [0.2, 0.25) is 0 Å². The molecule has 1 atom stereocenters. The maximum absolute atomic E-state index is 12.4. The van der Waals surface area contributed by atoms with E-state index < -0.39 is 45.3 Å². The Bertz CT molecular complexity index is 757. The molecule has 1 unspecified atom stereocenters. The number of hydrogen-bond acceptors (Lipinski definition) is 6. The fourth-order valence-corrected chi connectivity index (χ4v) is 4.70. The van der Waals surface area contributed by atoms with E-state index >= 15 is 0 Å². The third-order valence-corrected chi connectivity index (χ3v) is 6.48. The van der Waals surface area contributed by atoms with Crippen LogP contribution in [-0.4, -0.2) is 39.1 Å². The summed E-state index contributed by atoms with van der Waals surface area (Å²) in [5, 5.41) is 10.2. The Morgan fingerprint density at radius 1 is 1.24 bits per heavy atom. The molecule has 0 aliphatic carbocycles. The van der Waals surface area contributed by atoms with E-state index in [9.17, 15) is 26.9 Å². The molecule has 0 spiro atoms.